The lowest BCUT2D eigenvalue weighted by Crippen LogP contribution is -2.36. The van der Waals surface area contributed by atoms with Crippen LogP contribution in [0.15, 0.2) is 46.7 Å². The van der Waals surface area contributed by atoms with Crippen LogP contribution < -0.4 is 10.9 Å². The molecule has 2 aromatic heterocycles. The molecule has 3 rings (SSSR count). The Morgan fingerprint density at radius 3 is 2.78 bits per heavy atom. The summed E-state index contributed by atoms with van der Waals surface area (Å²) in [5.74, 6) is -0.378. The number of amides is 1. The van der Waals surface area contributed by atoms with Crippen molar-refractivity contribution in [3.05, 3.63) is 57.8 Å². The minimum Gasteiger partial charge on any atom is -0.349 e. The molecule has 0 aliphatic heterocycles. The Balaban J connectivity index is 2.12. The van der Waals surface area contributed by atoms with Crippen LogP contribution in [0.4, 0.5) is 0 Å². The second-order valence-corrected chi connectivity index (χ2v) is 6.20. The van der Waals surface area contributed by atoms with Crippen molar-refractivity contribution >= 4 is 22.2 Å². The van der Waals surface area contributed by atoms with Gasteiger partial charge in [-0.25, -0.2) is 4.98 Å². The van der Waals surface area contributed by atoms with Gasteiger partial charge < -0.3 is 5.32 Å². The number of thiazole rings is 1. The number of carbonyl (C=O) groups is 1. The SMILES string of the molecule is CCC(C)NC(=O)c1cnc2scc(-c3ccccc3)n2c1=O. The Labute approximate surface area is 137 Å². The van der Waals surface area contributed by atoms with Crippen LogP contribution in [0, 0.1) is 0 Å². The van der Waals surface area contributed by atoms with Crippen LogP contribution in [0.5, 0.6) is 0 Å². The number of carbonyl (C=O) groups excluding carboxylic acids is 1. The Morgan fingerprint density at radius 2 is 2.09 bits per heavy atom. The number of aromatic nitrogens is 2. The molecule has 1 N–H and O–H groups in total. The van der Waals surface area contributed by atoms with Crippen molar-refractivity contribution in [3.63, 3.8) is 0 Å². The zero-order chi connectivity index (χ0) is 16.4. The number of nitrogens with zero attached hydrogens (tertiary/aromatic N) is 2. The van der Waals surface area contributed by atoms with E-state index in [1.54, 1.807) is 0 Å². The van der Waals surface area contributed by atoms with Crippen molar-refractivity contribution < 1.29 is 4.79 Å². The molecule has 1 atom stereocenters. The summed E-state index contributed by atoms with van der Waals surface area (Å²) in [5.41, 5.74) is 1.40. The van der Waals surface area contributed by atoms with Crippen LogP contribution in [0.3, 0.4) is 0 Å². The summed E-state index contributed by atoms with van der Waals surface area (Å²) in [7, 11) is 0. The van der Waals surface area contributed by atoms with E-state index in [-0.39, 0.29) is 23.1 Å². The summed E-state index contributed by atoms with van der Waals surface area (Å²) in [4.78, 5) is 29.9. The van der Waals surface area contributed by atoms with E-state index < -0.39 is 0 Å². The molecule has 5 nitrogen and oxygen atoms in total. The van der Waals surface area contributed by atoms with Crippen molar-refractivity contribution in [3.8, 4) is 11.3 Å². The van der Waals surface area contributed by atoms with E-state index >= 15 is 0 Å². The first-order chi connectivity index (χ1) is 11.1. The summed E-state index contributed by atoms with van der Waals surface area (Å²) < 4.78 is 1.51. The predicted molar refractivity (Wildman–Crippen MR) is 92.0 cm³/mol. The zero-order valence-electron chi connectivity index (χ0n) is 12.9. The highest BCUT2D eigenvalue weighted by atomic mass is 32.1. The molecule has 118 valence electrons. The van der Waals surface area contributed by atoms with E-state index in [1.165, 1.54) is 21.9 Å². The molecule has 0 radical (unpaired) electrons. The molecule has 0 aliphatic carbocycles. The number of benzene rings is 1. The van der Waals surface area contributed by atoms with Crippen molar-refractivity contribution in [2.45, 2.75) is 26.3 Å². The van der Waals surface area contributed by atoms with Crippen LogP contribution in [-0.4, -0.2) is 21.3 Å². The first kappa shape index (κ1) is 15.4. The van der Waals surface area contributed by atoms with Gasteiger partial charge in [0.05, 0.1) is 5.69 Å². The molecule has 1 aromatic carbocycles. The van der Waals surface area contributed by atoms with Crippen LogP contribution in [0.2, 0.25) is 0 Å². The molecule has 23 heavy (non-hydrogen) atoms. The standard InChI is InChI=1S/C17H17N3O2S/c1-3-11(2)19-15(21)13-9-18-17-20(16(13)22)14(10-23-17)12-7-5-4-6-8-12/h4-11H,3H2,1-2H3,(H,19,21). The van der Waals surface area contributed by atoms with Gasteiger partial charge in [0, 0.05) is 17.6 Å². The zero-order valence-corrected chi connectivity index (χ0v) is 13.8. The van der Waals surface area contributed by atoms with Crippen molar-refractivity contribution in [1.82, 2.24) is 14.7 Å². The number of fused-ring (bicyclic) bond motifs is 1. The Hall–Kier alpha value is -2.47. The van der Waals surface area contributed by atoms with Gasteiger partial charge in [-0.15, -0.1) is 11.3 Å². The highest BCUT2D eigenvalue weighted by Crippen LogP contribution is 2.23. The maximum absolute atomic E-state index is 12.8. The third-order valence-electron chi connectivity index (χ3n) is 3.75. The Kier molecular flexibility index (Phi) is 4.25. The van der Waals surface area contributed by atoms with Crippen LogP contribution in [0.1, 0.15) is 30.6 Å². The highest BCUT2D eigenvalue weighted by Gasteiger charge is 2.17. The maximum Gasteiger partial charge on any atom is 0.271 e. The minimum absolute atomic E-state index is 0.0127. The second kappa shape index (κ2) is 6.34. The van der Waals surface area contributed by atoms with Gasteiger partial charge in [0.1, 0.15) is 5.56 Å². The molecular formula is C17H17N3O2S. The third-order valence-corrected chi connectivity index (χ3v) is 4.59. The predicted octanol–water partition coefficient (Wildman–Crippen LogP) is 2.95. The monoisotopic (exact) mass is 327 g/mol. The highest BCUT2D eigenvalue weighted by molar-refractivity contribution is 7.15. The van der Waals surface area contributed by atoms with Gasteiger partial charge in [0.15, 0.2) is 4.96 Å². The van der Waals surface area contributed by atoms with E-state index in [1.807, 2.05) is 49.6 Å². The third kappa shape index (κ3) is 2.90. The molecule has 0 saturated carbocycles. The Bertz CT molecular complexity index is 899. The normalized spacial score (nSPS) is 12.3. The topological polar surface area (TPSA) is 63.5 Å². The van der Waals surface area contributed by atoms with Crippen molar-refractivity contribution in [1.29, 1.82) is 0 Å². The van der Waals surface area contributed by atoms with Crippen molar-refractivity contribution in [2.24, 2.45) is 0 Å². The molecule has 3 aromatic rings. The molecule has 6 heteroatoms. The lowest BCUT2D eigenvalue weighted by Gasteiger charge is -2.11. The lowest BCUT2D eigenvalue weighted by molar-refractivity contribution is 0.0937. The molecule has 0 bridgehead atoms. The van der Waals surface area contributed by atoms with Crippen LogP contribution >= 0.6 is 11.3 Å². The lowest BCUT2D eigenvalue weighted by atomic mass is 10.2. The van der Waals surface area contributed by atoms with Gasteiger partial charge >= 0.3 is 0 Å². The maximum atomic E-state index is 12.8. The summed E-state index contributed by atoms with van der Waals surface area (Å²) in [6.07, 6.45) is 2.16. The van der Waals surface area contributed by atoms with Gasteiger partial charge in [-0.3, -0.25) is 14.0 Å². The number of rotatable bonds is 4. The van der Waals surface area contributed by atoms with Gasteiger partial charge in [-0.2, -0.15) is 0 Å². The fourth-order valence-electron chi connectivity index (χ4n) is 2.26. The first-order valence-electron chi connectivity index (χ1n) is 7.47. The van der Waals surface area contributed by atoms with Gasteiger partial charge in [0.2, 0.25) is 0 Å². The van der Waals surface area contributed by atoms with E-state index in [0.29, 0.717) is 4.96 Å². The number of nitrogens with one attached hydrogen (secondary N) is 1. The summed E-state index contributed by atoms with van der Waals surface area (Å²) in [5, 5.41) is 4.70. The molecule has 0 spiro atoms. The average molecular weight is 327 g/mol. The van der Waals surface area contributed by atoms with Gasteiger partial charge in [-0.05, 0) is 18.9 Å². The molecule has 2 heterocycles. The van der Waals surface area contributed by atoms with E-state index in [2.05, 4.69) is 10.3 Å². The van der Waals surface area contributed by atoms with E-state index in [0.717, 1.165) is 17.7 Å². The first-order valence-corrected chi connectivity index (χ1v) is 8.35. The minimum atomic E-state index is -0.378. The number of hydrogen-bond acceptors (Lipinski definition) is 4. The summed E-state index contributed by atoms with van der Waals surface area (Å²) in [6, 6.07) is 9.62. The molecular weight excluding hydrogens is 310 g/mol. The Morgan fingerprint density at radius 1 is 1.35 bits per heavy atom. The largest absolute Gasteiger partial charge is 0.349 e. The molecule has 0 saturated heterocycles. The number of hydrogen-bond donors (Lipinski definition) is 1. The van der Waals surface area contributed by atoms with Gasteiger partial charge in [-0.1, -0.05) is 37.3 Å². The fourth-order valence-corrected chi connectivity index (χ4v) is 3.12. The van der Waals surface area contributed by atoms with Gasteiger partial charge in [0.25, 0.3) is 11.5 Å². The molecule has 1 unspecified atom stereocenters. The smallest absolute Gasteiger partial charge is 0.271 e. The average Bonchev–Trinajstić information content (AvgIpc) is 3.00. The van der Waals surface area contributed by atoms with Crippen molar-refractivity contribution in [2.75, 3.05) is 0 Å². The fraction of sp³-hybridized carbons (Fsp3) is 0.235. The van der Waals surface area contributed by atoms with Crippen LogP contribution in [0.25, 0.3) is 16.2 Å². The molecule has 1 amide bonds. The summed E-state index contributed by atoms with van der Waals surface area (Å²) >= 11 is 1.38. The van der Waals surface area contributed by atoms with E-state index in [9.17, 15) is 9.59 Å². The summed E-state index contributed by atoms with van der Waals surface area (Å²) in [6.45, 7) is 3.88. The van der Waals surface area contributed by atoms with Crippen LogP contribution in [-0.2, 0) is 0 Å². The molecule has 0 aliphatic rings. The second-order valence-electron chi connectivity index (χ2n) is 5.36. The molecule has 0 fully saturated rings. The quantitative estimate of drug-likeness (QED) is 0.801. The van der Waals surface area contributed by atoms with E-state index in [4.69, 9.17) is 0 Å².